The summed E-state index contributed by atoms with van der Waals surface area (Å²) in [5.74, 6) is 0.746. The Kier molecular flexibility index (Phi) is 5.94. The monoisotopic (exact) mass is 297 g/mol. The van der Waals surface area contributed by atoms with Crippen LogP contribution in [0.3, 0.4) is 0 Å². The average Bonchev–Trinajstić information content (AvgIpc) is 2.38. The van der Waals surface area contributed by atoms with Crippen molar-refractivity contribution in [3.63, 3.8) is 0 Å². The molecule has 0 amide bonds. The van der Waals surface area contributed by atoms with E-state index in [4.69, 9.17) is 9.84 Å². The maximum Gasteiger partial charge on any atom is 0.130 e. The molecule has 0 fully saturated rings. The number of rotatable bonds is 3. The number of aliphatic hydroxyl groups is 1. The Morgan fingerprint density at radius 3 is 2.76 bits per heavy atom. The first-order valence-electron chi connectivity index (χ1n) is 5.59. The molecule has 92 valence electrons. The van der Waals surface area contributed by atoms with Crippen LogP contribution in [-0.4, -0.2) is 23.3 Å². The van der Waals surface area contributed by atoms with Crippen molar-refractivity contribution in [1.82, 2.24) is 4.98 Å². The quantitative estimate of drug-likeness (QED) is 0.944. The van der Waals surface area contributed by atoms with Gasteiger partial charge < -0.3 is 9.84 Å². The fraction of sp³-hybridized carbons (Fsp3) is 0.308. The first-order valence-corrected chi connectivity index (χ1v) is 6.38. The molecule has 0 radical (unpaired) electrons. The van der Waals surface area contributed by atoms with Gasteiger partial charge in [0.2, 0.25) is 0 Å². The number of halogens is 1. The third kappa shape index (κ3) is 3.68. The van der Waals surface area contributed by atoms with Gasteiger partial charge >= 0.3 is 0 Å². The Morgan fingerprint density at radius 1 is 1.29 bits per heavy atom. The molecular formula is C13H16BrNO2. The SMILES string of the molecule is CC.OCCOc1ccnc2ccc(Br)cc12. The van der Waals surface area contributed by atoms with Crippen LogP contribution in [0.2, 0.25) is 0 Å². The van der Waals surface area contributed by atoms with Gasteiger partial charge in [-0.25, -0.2) is 0 Å². The first-order chi connectivity index (χ1) is 8.31. The highest BCUT2D eigenvalue weighted by Crippen LogP contribution is 2.26. The second kappa shape index (κ2) is 7.25. The third-order valence-corrected chi connectivity index (χ3v) is 2.51. The molecule has 4 heteroatoms. The molecule has 0 saturated heterocycles. The molecule has 1 N–H and O–H groups in total. The summed E-state index contributed by atoms with van der Waals surface area (Å²) >= 11 is 3.40. The van der Waals surface area contributed by atoms with E-state index in [0.29, 0.717) is 6.61 Å². The molecule has 3 nitrogen and oxygen atoms in total. The Labute approximate surface area is 110 Å². The molecule has 1 aromatic carbocycles. The molecule has 2 rings (SSSR count). The number of nitrogens with zero attached hydrogens (tertiary/aromatic N) is 1. The molecule has 1 aromatic heterocycles. The number of fused-ring (bicyclic) bond motifs is 1. The summed E-state index contributed by atoms with van der Waals surface area (Å²) in [4.78, 5) is 4.23. The Bertz CT molecular complexity index is 474. The van der Waals surface area contributed by atoms with Crippen LogP contribution in [0.4, 0.5) is 0 Å². The highest BCUT2D eigenvalue weighted by molar-refractivity contribution is 9.10. The van der Waals surface area contributed by atoms with E-state index in [-0.39, 0.29) is 6.61 Å². The normalized spacial score (nSPS) is 9.65. The summed E-state index contributed by atoms with van der Waals surface area (Å²) in [6, 6.07) is 7.61. The van der Waals surface area contributed by atoms with E-state index in [1.807, 2.05) is 32.0 Å². The van der Waals surface area contributed by atoms with Gasteiger partial charge in [-0.3, -0.25) is 4.98 Å². The van der Waals surface area contributed by atoms with Gasteiger partial charge in [-0.2, -0.15) is 0 Å². The van der Waals surface area contributed by atoms with Crippen LogP contribution in [0.15, 0.2) is 34.9 Å². The third-order valence-electron chi connectivity index (χ3n) is 2.01. The van der Waals surface area contributed by atoms with Crippen LogP contribution in [0.5, 0.6) is 5.75 Å². The number of ether oxygens (including phenoxy) is 1. The van der Waals surface area contributed by atoms with Gasteiger partial charge in [-0.1, -0.05) is 29.8 Å². The minimum absolute atomic E-state index is 0.0117. The van der Waals surface area contributed by atoms with Gasteiger partial charge in [0, 0.05) is 16.1 Å². The van der Waals surface area contributed by atoms with Crippen molar-refractivity contribution >= 4 is 26.8 Å². The fourth-order valence-electron chi connectivity index (χ4n) is 1.37. The van der Waals surface area contributed by atoms with E-state index < -0.39 is 0 Å². The van der Waals surface area contributed by atoms with Crippen molar-refractivity contribution in [1.29, 1.82) is 0 Å². The van der Waals surface area contributed by atoms with Gasteiger partial charge in [0.15, 0.2) is 0 Å². The predicted molar refractivity (Wildman–Crippen MR) is 73.4 cm³/mol. The molecule has 0 aliphatic carbocycles. The van der Waals surface area contributed by atoms with E-state index in [0.717, 1.165) is 21.1 Å². The molecule has 17 heavy (non-hydrogen) atoms. The lowest BCUT2D eigenvalue weighted by Crippen LogP contribution is -2.02. The molecular weight excluding hydrogens is 282 g/mol. The van der Waals surface area contributed by atoms with Crippen LogP contribution >= 0.6 is 15.9 Å². The Hall–Kier alpha value is -1.13. The number of aliphatic hydroxyl groups excluding tert-OH is 1. The lowest BCUT2D eigenvalue weighted by molar-refractivity contribution is 0.203. The number of hydrogen-bond donors (Lipinski definition) is 1. The summed E-state index contributed by atoms with van der Waals surface area (Å²) in [6.45, 7) is 4.31. The molecule has 0 saturated carbocycles. The minimum atomic E-state index is 0.0117. The maximum absolute atomic E-state index is 8.70. The number of benzene rings is 1. The molecule has 2 aromatic rings. The summed E-state index contributed by atoms with van der Waals surface area (Å²) < 4.78 is 6.40. The molecule has 0 atom stereocenters. The van der Waals surface area contributed by atoms with Crippen LogP contribution in [0.1, 0.15) is 13.8 Å². The largest absolute Gasteiger partial charge is 0.490 e. The van der Waals surface area contributed by atoms with E-state index in [9.17, 15) is 0 Å². The topological polar surface area (TPSA) is 42.4 Å². The Balaban J connectivity index is 0.000000686. The lowest BCUT2D eigenvalue weighted by atomic mass is 10.2. The highest BCUT2D eigenvalue weighted by Gasteiger charge is 2.02. The van der Waals surface area contributed by atoms with Crippen LogP contribution < -0.4 is 4.74 Å². The Morgan fingerprint density at radius 2 is 2.06 bits per heavy atom. The second-order valence-corrected chi connectivity index (χ2v) is 3.96. The second-order valence-electron chi connectivity index (χ2n) is 3.04. The van der Waals surface area contributed by atoms with Crippen LogP contribution in [0, 0.1) is 0 Å². The molecule has 0 spiro atoms. The molecule has 0 aliphatic rings. The van der Waals surface area contributed by atoms with Crippen LogP contribution in [0.25, 0.3) is 10.9 Å². The van der Waals surface area contributed by atoms with Crippen molar-refractivity contribution in [3.8, 4) is 5.75 Å². The van der Waals surface area contributed by atoms with Crippen molar-refractivity contribution < 1.29 is 9.84 Å². The van der Waals surface area contributed by atoms with E-state index >= 15 is 0 Å². The molecule has 0 aliphatic heterocycles. The predicted octanol–water partition coefficient (Wildman–Crippen LogP) is 3.39. The molecule has 0 bridgehead atoms. The zero-order valence-electron chi connectivity index (χ0n) is 9.98. The van der Waals surface area contributed by atoms with Gasteiger partial charge in [-0.05, 0) is 24.3 Å². The lowest BCUT2D eigenvalue weighted by Gasteiger charge is -2.07. The maximum atomic E-state index is 8.70. The van der Waals surface area contributed by atoms with E-state index in [2.05, 4.69) is 20.9 Å². The van der Waals surface area contributed by atoms with Crippen molar-refractivity contribution in [2.24, 2.45) is 0 Å². The number of aromatic nitrogens is 1. The number of hydrogen-bond acceptors (Lipinski definition) is 3. The van der Waals surface area contributed by atoms with E-state index in [1.165, 1.54) is 0 Å². The summed E-state index contributed by atoms with van der Waals surface area (Å²) in [5, 5.41) is 9.65. The van der Waals surface area contributed by atoms with Crippen molar-refractivity contribution in [2.75, 3.05) is 13.2 Å². The highest BCUT2D eigenvalue weighted by atomic mass is 79.9. The zero-order valence-corrected chi connectivity index (χ0v) is 11.6. The minimum Gasteiger partial charge on any atom is -0.490 e. The smallest absolute Gasteiger partial charge is 0.130 e. The summed E-state index contributed by atoms with van der Waals surface area (Å²) in [7, 11) is 0. The zero-order chi connectivity index (χ0) is 12.7. The average molecular weight is 298 g/mol. The van der Waals surface area contributed by atoms with Crippen LogP contribution in [-0.2, 0) is 0 Å². The summed E-state index contributed by atoms with van der Waals surface area (Å²) in [5.41, 5.74) is 0.883. The van der Waals surface area contributed by atoms with Crippen molar-refractivity contribution in [2.45, 2.75) is 13.8 Å². The van der Waals surface area contributed by atoms with Gasteiger partial charge in [0.05, 0.1) is 12.1 Å². The number of pyridine rings is 1. The summed E-state index contributed by atoms with van der Waals surface area (Å²) in [6.07, 6.45) is 1.70. The first kappa shape index (κ1) is 13.9. The van der Waals surface area contributed by atoms with Gasteiger partial charge in [0.25, 0.3) is 0 Å². The van der Waals surface area contributed by atoms with Crippen molar-refractivity contribution in [3.05, 3.63) is 34.9 Å². The fourth-order valence-corrected chi connectivity index (χ4v) is 1.74. The van der Waals surface area contributed by atoms with Gasteiger partial charge in [0.1, 0.15) is 12.4 Å². The molecule has 0 unspecified atom stereocenters. The van der Waals surface area contributed by atoms with Gasteiger partial charge in [-0.15, -0.1) is 0 Å². The molecule has 1 heterocycles. The standard InChI is InChI=1S/C11H10BrNO2.C2H6/c12-8-1-2-10-9(7-8)11(3-4-13-10)15-6-5-14;1-2/h1-4,7,14H,5-6H2;1-2H3. The van der Waals surface area contributed by atoms with E-state index in [1.54, 1.807) is 12.3 Å².